The Hall–Kier alpha value is -2.77. The summed E-state index contributed by atoms with van der Waals surface area (Å²) in [5.41, 5.74) is 1.04. The molecule has 0 saturated carbocycles. The molecule has 1 aromatic carbocycles. The summed E-state index contributed by atoms with van der Waals surface area (Å²) in [6.45, 7) is 5.77. The molecule has 0 unspecified atom stereocenters. The van der Waals surface area contributed by atoms with Crippen molar-refractivity contribution in [2.75, 3.05) is 13.3 Å². The van der Waals surface area contributed by atoms with Gasteiger partial charge in [0.05, 0.1) is 13.1 Å². The van der Waals surface area contributed by atoms with Crippen LogP contribution in [-0.2, 0) is 13.1 Å². The highest BCUT2D eigenvalue weighted by Crippen LogP contribution is 2.32. The second-order valence-electron chi connectivity index (χ2n) is 4.97. The fourth-order valence-electron chi connectivity index (χ4n) is 2.12. The first kappa shape index (κ1) is 15.1. The van der Waals surface area contributed by atoms with E-state index in [1.54, 1.807) is 6.92 Å². The molecule has 0 spiro atoms. The fourth-order valence-corrected chi connectivity index (χ4v) is 2.12. The van der Waals surface area contributed by atoms with Gasteiger partial charge < -0.3 is 24.6 Å². The van der Waals surface area contributed by atoms with Crippen LogP contribution in [0.4, 0.5) is 0 Å². The molecule has 2 aromatic rings. The molecule has 0 radical (unpaired) electrons. The molecule has 0 bridgehead atoms. The van der Waals surface area contributed by atoms with Gasteiger partial charge in [-0.05, 0) is 31.5 Å². The number of aliphatic imine (C=N–C) groups is 1. The number of guanidine groups is 1. The van der Waals surface area contributed by atoms with Gasteiger partial charge in [-0.1, -0.05) is 11.2 Å². The third kappa shape index (κ3) is 3.91. The monoisotopic (exact) mass is 317 g/mol. The summed E-state index contributed by atoms with van der Waals surface area (Å²) in [6.07, 6.45) is 0. The zero-order chi connectivity index (χ0) is 16.1. The SMILES string of the molecule is CCNC(=NCc1ccc2c(c1)OCO2)NCc1nc(C)no1. The maximum Gasteiger partial charge on any atom is 0.246 e. The van der Waals surface area contributed by atoms with Crippen molar-refractivity contribution in [3.8, 4) is 11.5 Å². The number of aromatic nitrogens is 2. The molecule has 3 rings (SSSR count). The molecule has 0 saturated heterocycles. The van der Waals surface area contributed by atoms with Crippen molar-refractivity contribution in [1.29, 1.82) is 0 Å². The summed E-state index contributed by atoms with van der Waals surface area (Å²) in [5.74, 6) is 3.35. The van der Waals surface area contributed by atoms with Gasteiger partial charge in [0.1, 0.15) is 0 Å². The Balaban J connectivity index is 1.61. The summed E-state index contributed by atoms with van der Waals surface area (Å²) in [6, 6.07) is 5.81. The molecular weight excluding hydrogens is 298 g/mol. The summed E-state index contributed by atoms with van der Waals surface area (Å²) >= 11 is 0. The van der Waals surface area contributed by atoms with Crippen LogP contribution in [0.3, 0.4) is 0 Å². The van der Waals surface area contributed by atoms with Crippen molar-refractivity contribution in [1.82, 2.24) is 20.8 Å². The van der Waals surface area contributed by atoms with Crippen LogP contribution in [-0.4, -0.2) is 29.4 Å². The van der Waals surface area contributed by atoms with E-state index in [9.17, 15) is 0 Å². The quantitative estimate of drug-likeness (QED) is 0.635. The number of ether oxygens (including phenoxy) is 2. The lowest BCUT2D eigenvalue weighted by molar-refractivity contribution is 0.174. The van der Waals surface area contributed by atoms with Crippen LogP contribution < -0.4 is 20.1 Å². The maximum absolute atomic E-state index is 5.37. The van der Waals surface area contributed by atoms with Crippen LogP contribution in [0, 0.1) is 6.92 Å². The van der Waals surface area contributed by atoms with Gasteiger partial charge in [0.2, 0.25) is 12.7 Å². The first-order chi connectivity index (χ1) is 11.2. The van der Waals surface area contributed by atoms with Gasteiger partial charge >= 0.3 is 0 Å². The van der Waals surface area contributed by atoms with Crippen molar-refractivity contribution in [2.24, 2.45) is 4.99 Å². The molecule has 0 fully saturated rings. The molecule has 2 heterocycles. The zero-order valence-electron chi connectivity index (χ0n) is 13.1. The summed E-state index contributed by atoms with van der Waals surface area (Å²) < 4.78 is 15.7. The number of hydrogen-bond acceptors (Lipinski definition) is 6. The standard InChI is InChI=1S/C15H19N5O3/c1-3-16-15(18-8-14-19-10(2)20-23-14)17-7-11-4-5-12-13(6-11)22-9-21-12/h4-6H,3,7-9H2,1-2H3,(H2,16,17,18). The predicted octanol–water partition coefficient (Wildman–Crippen LogP) is 1.36. The minimum atomic E-state index is 0.274. The average molecular weight is 317 g/mol. The van der Waals surface area contributed by atoms with Gasteiger partial charge in [0.15, 0.2) is 23.3 Å². The van der Waals surface area contributed by atoms with E-state index in [4.69, 9.17) is 14.0 Å². The lowest BCUT2D eigenvalue weighted by Crippen LogP contribution is -2.36. The van der Waals surface area contributed by atoms with E-state index >= 15 is 0 Å². The number of fused-ring (bicyclic) bond motifs is 1. The Morgan fingerprint density at radius 2 is 2.13 bits per heavy atom. The first-order valence-electron chi connectivity index (χ1n) is 7.44. The Morgan fingerprint density at radius 1 is 1.26 bits per heavy atom. The molecule has 8 nitrogen and oxygen atoms in total. The van der Waals surface area contributed by atoms with Crippen molar-refractivity contribution in [3.05, 3.63) is 35.5 Å². The third-order valence-corrected chi connectivity index (χ3v) is 3.18. The zero-order valence-corrected chi connectivity index (χ0v) is 13.1. The number of hydrogen-bond donors (Lipinski definition) is 2. The number of rotatable bonds is 5. The van der Waals surface area contributed by atoms with E-state index in [1.165, 1.54) is 0 Å². The summed E-state index contributed by atoms with van der Waals surface area (Å²) in [7, 11) is 0. The highest BCUT2D eigenvalue weighted by Gasteiger charge is 2.13. The maximum atomic E-state index is 5.37. The number of nitrogens with zero attached hydrogens (tertiary/aromatic N) is 3. The van der Waals surface area contributed by atoms with Crippen molar-refractivity contribution >= 4 is 5.96 Å². The molecule has 1 aromatic heterocycles. The largest absolute Gasteiger partial charge is 0.454 e. The van der Waals surface area contributed by atoms with E-state index in [-0.39, 0.29) is 6.79 Å². The number of aryl methyl sites for hydroxylation is 1. The highest BCUT2D eigenvalue weighted by atomic mass is 16.7. The summed E-state index contributed by atoms with van der Waals surface area (Å²) in [4.78, 5) is 8.69. The van der Waals surface area contributed by atoms with E-state index in [1.807, 2.05) is 25.1 Å². The van der Waals surface area contributed by atoms with Crippen molar-refractivity contribution < 1.29 is 14.0 Å². The Morgan fingerprint density at radius 3 is 2.91 bits per heavy atom. The van der Waals surface area contributed by atoms with Gasteiger partial charge in [-0.3, -0.25) is 0 Å². The summed E-state index contributed by atoms with van der Waals surface area (Å²) in [5, 5.41) is 10.1. The third-order valence-electron chi connectivity index (χ3n) is 3.18. The average Bonchev–Trinajstić information content (AvgIpc) is 3.18. The highest BCUT2D eigenvalue weighted by molar-refractivity contribution is 5.79. The minimum absolute atomic E-state index is 0.274. The van der Waals surface area contributed by atoms with E-state index < -0.39 is 0 Å². The van der Waals surface area contributed by atoms with Gasteiger partial charge in [-0.15, -0.1) is 0 Å². The second-order valence-corrected chi connectivity index (χ2v) is 4.97. The van der Waals surface area contributed by atoms with Gasteiger partial charge in [0.25, 0.3) is 0 Å². The molecule has 0 amide bonds. The number of benzene rings is 1. The van der Waals surface area contributed by atoms with Crippen LogP contribution in [0.2, 0.25) is 0 Å². The normalized spacial score (nSPS) is 13.2. The molecule has 1 aliphatic rings. The smallest absolute Gasteiger partial charge is 0.246 e. The van der Waals surface area contributed by atoms with E-state index in [0.29, 0.717) is 30.8 Å². The molecule has 0 atom stereocenters. The second kappa shape index (κ2) is 6.99. The van der Waals surface area contributed by atoms with Crippen molar-refractivity contribution in [2.45, 2.75) is 26.9 Å². The molecule has 1 aliphatic heterocycles. The van der Waals surface area contributed by atoms with Crippen LogP contribution in [0.1, 0.15) is 24.2 Å². The predicted molar refractivity (Wildman–Crippen MR) is 83.3 cm³/mol. The Kier molecular flexibility index (Phi) is 4.60. The van der Waals surface area contributed by atoms with Gasteiger partial charge in [-0.25, -0.2) is 4.99 Å². The molecule has 8 heteroatoms. The molecule has 0 aliphatic carbocycles. The lowest BCUT2D eigenvalue weighted by atomic mass is 10.2. The van der Waals surface area contributed by atoms with E-state index in [2.05, 4.69) is 25.8 Å². The number of nitrogens with one attached hydrogen (secondary N) is 2. The van der Waals surface area contributed by atoms with Crippen molar-refractivity contribution in [3.63, 3.8) is 0 Å². The molecule has 2 N–H and O–H groups in total. The Labute approximate surface area is 133 Å². The lowest BCUT2D eigenvalue weighted by Gasteiger charge is -2.09. The van der Waals surface area contributed by atoms with E-state index in [0.717, 1.165) is 23.6 Å². The first-order valence-corrected chi connectivity index (χ1v) is 7.44. The molecular formula is C15H19N5O3. The molecule has 23 heavy (non-hydrogen) atoms. The van der Waals surface area contributed by atoms with Crippen LogP contribution in [0.15, 0.2) is 27.7 Å². The Bertz CT molecular complexity index is 698. The van der Waals surface area contributed by atoms with Gasteiger partial charge in [-0.2, -0.15) is 4.98 Å². The van der Waals surface area contributed by atoms with Crippen LogP contribution in [0.25, 0.3) is 0 Å². The van der Waals surface area contributed by atoms with Crippen LogP contribution in [0.5, 0.6) is 11.5 Å². The fraction of sp³-hybridized carbons (Fsp3) is 0.400. The van der Waals surface area contributed by atoms with Gasteiger partial charge in [0, 0.05) is 6.54 Å². The molecule has 122 valence electrons. The topological polar surface area (TPSA) is 93.8 Å². The minimum Gasteiger partial charge on any atom is -0.454 e. The van der Waals surface area contributed by atoms with Crippen LogP contribution >= 0.6 is 0 Å².